The third-order valence-electron chi connectivity index (χ3n) is 1.26. The average Bonchev–Trinajstić information content (AvgIpc) is 2.35. The van der Waals surface area contributed by atoms with Crippen molar-refractivity contribution < 1.29 is 4.79 Å². The molecule has 5 nitrogen and oxygen atoms in total. The predicted molar refractivity (Wildman–Crippen MR) is 38.6 cm³/mol. The molecule has 1 unspecified atom stereocenters. The van der Waals surface area contributed by atoms with Crippen LogP contribution >= 0.6 is 0 Å². The summed E-state index contributed by atoms with van der Waals surface area (Å²) in [5.74, 6) is 0.592. The molecular weight excluding hydrogens is 144 g/mol. The Labute approximate surface area is 64.2 Å². The third-order valence-corrected chi connectivity index (χ3v) is 1.26. The van der Waals surface area contributed by atoms with Crippen molar-refractivity contribution in [3.8, 4) is 0 Å². The molecule has 0 radical (unpaired) electrons. The monoisotopic (exact) mass is 154 g/mol. The number of carbonyl (C=O) groups is 1. The van der Waals surface area contributed by atoms with Gasteiger partial charge in [-0.15, -0.1) is 0 Å². The second-order valence-electron chi connectivity index (χ2n) is 2.29. The van der Waals surface area contributed by atoms with Gasteiger partial charge in [0.2, 0.25) is 5.91 Å². The van der Waals surface area contributed by atoms with Crippen molar-refractivity contribution in [3.05, 3.63) is 12.2 Å². The van der Waals surface area contributed by atoms with Crippen molar-refractivity contribution in [2.24, 2.45) is 0 Å². The molecular formula is C6H10N4O. The molecule has 0 aliphatic carbocycles. The first-order chi connectivity index (χ1) is 5.20. The Balaban J connectivity index is 2.56. The van der Waals surface area contributed by atoms with E-state index in [-0.39, 0.29) is 11.9 Å². The van der Waals surface area contributed by atoms with E-state index in [4.69, 9.17) is 0 Å². The molecule has 0 aliphatic rings. The zero-order valence-electron chi connectivity index (χ0n) is 6.46. The predicted octanol–water partition coefficient (Wildman–Crippen LogP) is 0.00180. The molecule has 0 saturated heterocycles. The van der Waals surface area contributed by atoms with Crippen LogP contribution in [0.5, 0.6) is 0 Å². The molecule has 1 atom stereocenters. The minimum absolute atomic E-state index is 0.0751. The second kappa shape index (κ2) is 3.14. The van der Waals surface area contributed by atoms with Crippen LogP contribution in [0.25, 0.3) is 0 Å². The number of nitrogens with zero attached hydrogens (tertiary/aromatic N) is 2. The van der Waals surface area contributed by atoms with Crippen molar-refractivity contribution in [2.45, 2.75) is 19.9 Å². The van der Waals surface area contributed by atoms with E-state index in [0.29, 0.717) is 5.82 Å². The van der Waals surface area contributed by atoms with Crippen LogP contribution in [0.15, 0.2) is 6.33 Å². The summed E-state index contributed by atoms with van der Waals surface area (Å²) >= 11 is 0. The molecule has 60 valence electrons. The van der Waals surface area contributed by atoms with Crippen molar-refractivity contribution in [1.82, 2.24) is 20.5 Å². The zero-order valence-corrected chi connectivity index (χ0v) is 6.46. The fourth-order valence-corrected chi connectivity index (χ4v) is 0.797. The maximum absolute atomic E-state index is 10.6. The van der Waals surface area contributed by atoms with E-state index in [1.165, 1.54) is 13.3 Å². The summed E-state index contributed by atoms with van der Waals surface area (Å²) in [5, 5.41) is 9.00. The Morgan fingerprint density at radius 1 is 1.82 bits per heavy atom. The quantitative estimate of drug-likeness (QED) is 0.630. The summed E-state index contributed by atoms with van der Waals surface area (Å²) in [7, 11) is 0. The molecule has 2 N–H and O–H groups in total. The number of aromatic amines is 1. The van der Waals surface area contributed by atoms with Gasteiger partial charge in [0.1, 0.15) is 12.2 Å². The van der Waals surface area contributed by atoms with Crippen LogP contribution < -0.4 is 5.32 Å². The van der Waals surface area contributed by atoms with E-state index in [2.05, 4.69) is 20.5 Å². The maximum Gasteiger partial charge on any atom is 0.217 e. The number of rotatable bonds is 2. The Morgan fingerprint density at radius 3 is 3.00 bits per heavy atom. The van der Waals surface area contributed by atoms with Crippen LogP contribution in [0.3, 0.4) is 0 Å². The number of carbonyl (C=O) groups excluding carboxylic acids is 1. The lowest BCUT2D eigenvalue weighted by Crippen LogP contribution is -2.24. The van der Waals surface area contributed by atoms with Gasteiger partial charge in [-0.1, -0.05) is 0 Å². The summed E-state index contributed by atoms with van der Waals surface area (Å²) in [6.07, 6.45) is 1.41. The molecule has 1 aromatic heterocycles. The highest BCUT2D eigenvalue weighted by molar-refractivity contribution is 5.73. The number of H-pyrrole nitrogens is 1. The zero-order chi connectivity index (χ0) is 8.27. The van der Waals surface area contributed by atoms with Gasteiger partial charge < -0.3 is 5.32 Å². The van der Waals surface area contributed by atoms with Gasteiger partial charge in [0, 0.05) is 6.92 Å². The minimum atomic E-state index is -0.102. The highest BCUT2D eigenvalue weighted by Crippen LogP contribution is 2.02. The molecule has 1 amide bonds. The largest absolute Gasteiger partial charge is 0.347 e. The Bertz CT molecular complexity index is 231. The molecule has 5 heteroatoms. The van der Waals surface area contributed by atoms with Crippen molar-refractivity contribution >= 4 is 5.91 Å². The smallest absolute Gasteiger partial charge is 0.217 e. The summed E-state index contributed by atoms with van der Waals surface area (Å²) in [6, 6.07) is -0.102. The van der Waals surface area contributed by atoms with E-state index < -0.39 is 0 Å². The maximum atomic E-state index is 10.6. The van der Waals surface area contributed by atoms with E-state index in [9.17, 15) is 4.79 Å². The van der Waals surface area contributed by atoms with Crippen molar-refractivity contribution in [2.75, 3.05) is 0 Å². The number of nitrogens with one attached hydrogen (secondary N) is 2. The van der Waals surface area contributed by atoms with Gasteiger partial charge in [-0.2, -0.15) is 5.10 Å². The summed E-state index contributed by atoms with van der Waals surface area (Å²) < 4.78 is 0. The fraction of sp³-hybridized carbons (Fsp3) is 0.500. The fourth-order valence-electron chi connectivity index (χ4n) is 0.797. The van der Waals surface area contributed by atoms with Crippen LogP contribution in [0, 0.1) is 0 Å². The second-order valence-corrected chi connectivity index (χ2v) is 2.29. The number of amides is 1. The Hall–Kier alpha value is -1.39. The molecule has 0 spiro atoms. The van der Waals surface area contributed by atoms with Gasteiger partial charge in [-0.05, 0) is 6.92 Å². The average molecular weight is 154 g/mol. The Kier molecular flexibility index (Phi) is 2.20. The highest BCUT2D eigenvalue weighted by atomic mass is 16.1. The first-order valence-corrected chi connectivity index (χ1v) is 3.32. The van der Waals surface area contributed by atoms with E-state index in [0.717, 1.165) is 0 Å². The SMILES string of the molecule is CC(=O)NC(C)c1ncn[nH]1. The van der Waals surface area contributed by atoms with Crippen molar-refractivity contribution in [3.63, 3.8) is 0 Å². The van der Waals surface area contributed by atoms with Gasteiger partial charge in [-0.3, -0.25) is 9.89 Å². The van der Waals surface area contributed by atoms with Crippen LogP contribution in [-0.4, -0.2) is 21.1 Å². The molecule has 0 aromatic carbocycles. The Morgan fingerprint density at radius 2 is 2.55 bits per heavy atom. The standard InChI is InChI=1S/C6H10N4O/c1-4(9-5(2)11)6-7-3-8-10-6/h3-4H,1-2H3,(H,9,11)(H,7,8,10). The van der Waals surface area contributed by atoms with E-state index in [1.54, 1.807) is 0 Å². The van der Waals surface area contributed by atoms with Crippen LogP contribution in [0.1, 0.15) is 25.7 Å². The first kappa shape index (κ1) is 7.71. The molecule has 1 aromatic rings. The van der Waals surface area contributed by atoms with Crippen LogP contribution in [0.2, 0.25) is 0 Å². The summed E-state index contributed by atoms with van der Waals surface area (Å²) in [6.45, 7) is 3.30. The van der Waals surface area contributed by atoms with Crippen LogP contribution in [0.4, 0.5) is 0 Å². The number of hydrogen-bond acceptors (Lipinski definition) is 3. The molecule has 1 rings (SSSR count). The van der Waals surface area contributed by atoms with E-state index in [1.807, 2.05) is 6.92 Å². The molecule has 0 saturated carbocycles. The lowest BCUT2D eigenvalue weighted by molar-refractivity contribution is -0.119. The number of aromatic nitrogens is 3. The third kappa shape index (κ3) is 2.03. The first-order valence-electron chi connectivity index (χ1n) is 3.32. The molecule has 1 heterocycles. The van der Waals surface area contributed by atoms with Gasteiger partial charge in [-0.25, -0.2) is 4.98 Å². The van der Waals surface area contributed by atoms with E-state index >= 15 is 0 Å². The topological polar surface area (TPSA) is 70.7 Å². The van der Waals surface area contributed by atoms with Gasteiger partial charge in [0.25, 0.3) is 0 Å². The lowest BCUT2D eigenvalue weighted by atomic mass is 10.3. The minimum Gasteiger partial charge on any atom is -0.347 e. The summed E-state index contributed by atoms with van der Waals surface area (Å²) in [5.41, 5.74) is 0. The molecule has 0 fully saturated rings. The van der Waals surface area contributed by atoms with Gasteiger partial charge in [0.05, 0.1) is 6.04 Å². The van der Waals surface area contributed by atoms with Crippen LogP contribution in [-0.2, 0) is 4.79 Å². The molecule has 0 aliphatic heterocycles. The molecule has 0 bridgehead atoms. The number of hydrogen-bond donors (Lipinski definition) is 2. The van der Waals surface area contributed by atoms with Gasteiger partial charge in [0.15, 0.2) is 0 Å². The summed E-state index contributed by atoms with van der Waals surface area (Å²) in [4.78, 5) is 14.5. The molecule has 11 heavy (non-hydrogen) atoms. The lowest BCUT2D eigenvalue weighted by Gasteiger charge is -2.07. The van der Waals surface area contributed by atoms with Crippen molar-refractivity contribution in [1.29, 1.82) is 0 Å². The normalized spacial score (nSPS) is 12.5. The highest BCUT2D eigenvalue weighted by Gasteiger charge is 2.07. The van der Waals surface area contributed by atoms with Gasteiger partial charge >= 0.3 is 0 Å².